The van der Waals surface area contributed by atoms with Crippen molar-refractivity contribution in [3.05, 3.63) is 41.8 Å². The number of ether oxygens (including phenoxy) is 1. The molecule has 0 unspecified atom stereocenters. The van der Waals surface area contributed by atoms with E-state index >= 15 is 0 Å². The molecule has 0 aliphatic carbocycles. The average Bonchev–Trinajstić information content (AvgIpc) is 2.54. The maximum atomic E-state index is 13.3. The Bertz CT molecular complexity index is 502. The van der Waals surface area contributed by atoms with Gasteiger partial charge in [-0.15, -0.1) is 0 Å². The van der Waals surface area contributed by atoms with Crippen LogP contribution in [0.25, 0.3) is 6.08 Å². The van der Waals surface area contributed by atoms with Crippen molar-refractivity contribution in [2.75, 3.05) is 39.4 Å². The van der Waals surface area contributed by atoms with E-state index in [0.717, 1.165) is 39.3 Å². The van der Waals surface area contributed by atoms with Crippen molar-refractivity contribution in [1.82, 2.24) is 15.5 Å². The summed E-state index contributed by atoms with van der Waals surface area (Å²) in [5.41, 5.74) is 0.440. The summed E-state index contributed by atoms with van der Waals surface area (Å²) in [5.74, 6) is -0.313. The van der Waals surface area contributed by atoms with Crippen LogP contribution in [0.15, 0.2) is 30.5 Å². The fourth-order valence-electron chi connectivity index (χ4n) is 2.20. The molecule has 1 aliphatic rings. The third-order valence-corrected chi connectivity index (χ3v) is 3.42. The fourth-order valence-corrected chi connectivity index (χ4v) is 2.20. The Morgan fingerprint density at radius 2 is 2.09 bits per heavy atom. The summed E-state index contributed by atoms with van der Waals surface area (Å²) in [5, 5.41) is 5.34. The lowest BCUT2D eigenvalue weighted by Crippen LogP contribution is -2.39. The zero-order valence-corrected chi connectivity index (χ0v) is 12.6. The minimum absolute atomic E-state index is 0.283. The molecule has 2 rings (SSSR count). The first-order valence-corrected chi connectivity index (χ1v) is 7.51. The van der Waals surface area contributed by atoms with Crippen LogP contribution >= 0.6 is 0 Å². The van der Waals surface area contributed by atoms with Gasteiger partial charge in [-0.05, 0) is 25.1 Å². The van der Waals surface area contributed by atoms with Gasteiger partial charge < -0.3 is 15.4 Å². The molecule has 6 heteroatoms. The highest BCUT2D eigenvalue weighted by Crippen LogP contribution is 2.07. The van der Waals surface area contributed by atoms with Crippen molar-refractivity contribution in [2.45, 2.75) is 6.42 Å². The van der Waals surface area contributed by atoms with Crippen molar-refractivity contribution in [2.24, 2.45) is 0 Å². The average molecular weight is 307 g/mol. The van der Waals surface area contributed by atoms with Gasteiger partial charge in [-0.2, -0.15) is 0 Å². The monoisotopic (exact) mass is 307 g/mol. The lowest BCUT2D eigenvalue weighted by atomic mass is 10.2. The molecule has 0 saturated carbocycles. The Balaban J connectivity index is 1.58. The number of nitrogens with zero attached hydrogens (tertiary/aromatic N) is 1. The molecule has 1 heterocycles. The first-order chi connectivity index (χ1) is 10.8. The van der Waals surface area contributed by atoms with E-state index in [1.165, 1.54) is 18.3 Å². The van der Waals surface area contributed by atoms with Crippen LogP contribution in [-0.2, 0) is 4.74 Å². The molecule has 22 heavy (non-hydrogen) atoms. The number of carbonyl (C=O) groups is 1. The summed E-state index contributed by atoms with van der Waals surface area (Å²) < 4.78 is 18.6. The molecule has 0 atom stereocenters. The summed E-state index contributed by atoms with van der Waals surface area (Å²) in [6, 6.07) is 6.11. The smallest absolute Gasteiger partial charge is 0.318 e. The molecule has 0 bridgehead atoms. The van der Waals surface area contributed by atoms with Crippen LogP contribution in [0.5, 0.6) is 0 Å². The summed E-state index contributed by atoms with van der Waals surface area (Å²) in [6.07, 6.45) is 3.86. The summed E-state index contributed by atoms with van der Waals surface area (Å²) in [4.78, 5) is 13.9. The second-order valence-electron chi connectivity index (χ2n) is 5.06. The molecule has 0 radical (unpaired) electrons. The molecule has 0 spiro atoms. The largest absolute Gasteiger partial charge is 0.379 e. The highest BCUT2D eigenvalue weighted by Gasteiger charge is 2.09. The minimum Gasteiger partial charge on any atom is -0.379 e. The Kier molecular flexibility index (Phi) is 6.86. The van der Waals surface area contributed by atoms with E-state index in [1.54, 1.807) is 18.2 Å². The fraction of sp³-hybridized carbons (Fsp3) is 0.438. The molecular weight excluding hydrogens is 285 g/mol. The van der Waals surface area contributed by atoms with Crippen molar-refractivity contribution in [1.29, 1.82) is 0 Å². The minimum atomic E-state index is -0.313. The predicted molar refractivity (Wildman–Crippen MR) is 83.8 cm³/mol. The van der Waals surface area contributed by atoms with E-state index in [1.807, 2.05) is 0 Å². The molecule has 2 amide bonds. The van der Waals surface area contributed by atoms with Crippen molar-refractivity contribution < 1.29 is 13.9 Å². The number of benzene rings is 1. The zero-order valence-electron chi connectivity index (χ0n) is 12.6. The van der Waals surface area contributed by atoms with E-state index in [0.29, 0.717) is 12.1 Å². The number of morpholine rings is 1. The van der Waals surface area contributed by atoms with Crippen LogP contribution in [0.2, 0.25) is 0 Å². The molecule has 1 aromatic carbocycles. The van der Waals surface area contributed by atoms with Gasteiger partial charge in [-0.25, -0.2) is 9.18 Å². The lowest BCUT2D eigenvalue weighted by molar-refractivity contribution is 0.0375. The number of carbonyl (C=O) groups excluding carboxylic acids is 1. The number of hydrogen-bond acceptors (Lipinski definition) is 3. The van der Waals surface area contributed by atoms with Crippen LogP contribution < -0.4 is 10.6 Å². The number of hydrogen-bond donors (Lipinski definition) is 2. The zero-order chi connectivity index (χ0) is 15.6. The number of amides is 2. The molecule has 5 nitrogen and oxygen atoms in total. The number of rotatable bonds is 6. The van der Waals surface area contributed by atoms with Gasteiger partial charge in [-0.3, -0.25) is 4.90 Å². The van der Waals surface area contributed by atoms with E-state index in [9.17, 15) is 9.18 Å². The van der Waals surface area contributed by atoms with E-state index < -0.39 is 0 Å². The van der Waals surface area contributed by atoms with Gasteiger partial charge in [0, 0.05) is 31.4 Å². The van der Waals surface area contributed by atoms with Gasteiger partial charge in [-0.1, -0.05) is 18.2 Å². The number of urea groups is 1. The lowest BCUT2D eigenvalue weighted by Gasteiger charge is -2.26. The van der Waals surface area contributed by atoms with Crippen LogP contribution in [-0.4, -0.2) is 50.3 Å². The van der Waals surface area contributed by atoms with E-state index in [-0.39, 0.29) is 11.8 Å². The maximum absolute atomic E-state index is 13.3. The first kappa shape index (κ1) is 16.5. The third kappa shape index (κ3) is 5.83. The SMILES string of the molecule is O=C(N/C=C/c1ccccc1F)NCCCN1CCOCC1. The summed E-state index contributed by atoms with van der Waals surface area (Å²) in [6.45, 7) is 5.05. The first-order valence-electron chi connectivity index (χ1n) is 7.51. The normalized spacial score (nSPS) is 15.9. The summed E-state index contributed by atoms with van der Waals surface area (Å²) in [7, 11) is 0. The Morgan fingerprint density at radius 3 is 2.86 bits per heavy atom. The standard InChI is InChI=1S/C16H22FN3O2/c17-15-5-2-1-4-14(15)6-8-19-16(21)18-7-3-9-20-10-12-22-13-11-20/h1-2,4-6,8H,3,7,9-13H2,(H2,18,19,21)/b8-6+. The van der Waals surface area contributed by atoms with Crippen molar-refractivity contribution in [3.63, 3.8) is 0 Å². The molecule has 1 saturated heterocycles. The van der Waals surface area contributed by atoms with Crippen molar-refractivity contribution >= 4 is 12.1 Å². The highest BCUT2D eigenvalue weighted by atomic mass is 19.1. The van der Waals surface area contributed by atoms with Crippen LogP contribution in [0.3, 0.4) is 0 Å². The molecular formula is C16H22FN3O2. The second kappa shape index (κ2) is 9.17. The molecule has 120 valence electrons. The van der Waals surface area contributed by atoms with Crippen molar-refractivity contribution in [3.8, 4) is 0 Å². The van der Waals surface area contributed by atoms with Gasteiger partial charge in [0.2, 0.25) is 0 Å². The third-order valence-electron chi connectivity index (χ3n) is 3.42. The number of halogens is 1. The highest BCUT2D eigenvalue weighted by molar-refractivity contribution is 5.75. The molecule has 1 aromatic rings. The van der Waals surface area contributed by atoms with E-state index in [2.05, 4.69) is 15.5 Å². The molecule has 1 aliphatic heterocycles. The van der Waals surface area contributed by atoms with Gasteiger partial charge in [0.25, 0.3) is 0 Å². The van der Waals surface area contributed by atoms with Crippen LogP contribution in [0.1, 0.15) is 12.0 Å². The summed E-state index contributed by atoms with van der Waals surface area (Å²) >= 11 is 0. The van der Waals surface area contributed by atoms with Gasteiger partial charge >= 0.3 is 6.03 Å². The van der Waals surface area contributed by atoms with Crippen LogP contribution in [0, 0.1) is 5.82 Å². The number of nitrogens with one attached hydrogen (secondary N) is 2. The quantitative estimate of drug-likeness (QED) is 0.788. The second-order valence-corrected chi connectivity index (χ2v) is 5.06. The Labute approximate surface area is 130 Å². The van der Waals surface area contributed by atoms with Gasteiger partial charge in [0.1, 0.15) is 5.82 Å². The topological polar surface area (TPSA) is 53.6 Å². The van der Waals surface area contributed by atoms with Gasteiger partial charge in [0.15, 0.2) is 0 Å². The van der Waals surface area contributed by atoms with Gasteiger partial charge in [0.05, 0.1) is 13.2 Å². The van der Waals surface area contributed by atoms with E-state index in [4.69, 9.17) is 4.74 Å². The molecule has 0 aromatic heterocycles. The van der Waals surface area contributed by atoms with Crippen LogP contribution in [0.4, 0.5) is 9.18 Å². The maximum Gasteiger partial charge on any atom is 0.318 e. The molecule has 1 fully saturated rings. The predicted octanol–water partition coefficient (Wildman–Crippen LogP) is 1.82. The Morgan fingerprint density at radius 1 is 1.32 bits per heavy atom. The Hall–Kier alpha value is -1.92. The molecule has 2 N–H and O–H groups in total.